The minimum absolute atomic E-state index is 0.0850. The summed E-state index contributed by atoms with van der Waals surface area (Å²) in [7, 11) is -1.80. The maximum atomic E-state index is 11.9. The van der Waals surface area contributed by atoms with Crippen molar-refractivity contribution >= 4 is 27.3 Å². The predicted molar refractivity (Wildman–Crippen MR) is 88.5 cm³/mol. The molecule has 23 heavy (non-hydrogen) atoms. The Balaban J connectivity index is 1.87. The zero-order chi connectivity index (χ0) is 17.2. The fraction of sp³-hybridized carbons (Fsp3) is 0.429. The van der Waals surface area contributed by atoms with E-state index in [0.29, 0.717) is 19.4 Å². The number of nitrogens with two attached hydrogens (primary N) is 1. The number of aromatic nitrogens is 2. The molecule has 0 saturated carbocycles. The van der Waals surface area contributed by atoms with Crippen LogP contribution in [0, 0.1) is 13.8 Å². The van der Waals surface area contributed by atoms with Crippen LogP contribution in [-0.2, 0) is 34.8 Å². The molecule has 0 bridgehead atoms. The van der Waals surface area contributed by atoms with Crippen molar-refractivity contribution < 1.29 is 13.2 Å². The van der Waals surface area contributed by atoms with Crippen LogP contribution in [0.4, 0.5) is 0 Å². The van der Waals surface area contributed by atoms with Crippen LogP contribution in [0.3, 0.4) is 0 Å². The number of aryl methyl sites for hydroxylation is 2. The zero-order valence-electron chi connectivity index (χ0n) is 13.3. The van der Waals surface area contributed by atoms with E-state index in [1.807, 2.05) is 25.6 Å². The van der Waals surface area contributed by atoms with Crippen LogP contribution >= 0.6 is 11.3 Å². The second-order valence-corrected chi connectivity index (χ2v) is 8.27. The molecule has 126 valence electrons. The highest BCUT2D eigenvalue weighted by atomic mass is 32.2. The van der Waals surface area contributed by atoms with Gasteiger partial charge in [0.25, 0.3) is 0 Å². The summed E-state index contributed by atoms with van der Waals surface area (Å²) in [5.74, 6) is -0.0850. The van der Waals surface area contributed by atoms with Crippen molar-refractivity contribution in [3.8, 4) is 0 Å². The van der Waals surface area contributed by atoms with Crippen LogP contribution in [0.5, 0.6) is 0 Å². The van der Waals surface area contributed by atoms with E-state index in [0.717, 1.165) is 33.2 Å². The Morgan fingerprint density at radius 3 is 2.61 bits per heavy atom. The van der Waals surface area contributed by atoms with E-state index in [9.17, 15) is 13.2 Å². The van der Waals surface area contributed by atoms with E-state index in [4.69, 9.17) is 5.14 Å². The molecule has 0 fully saturated rings. The molecule has 0 aromatic carbocycles. The highest BCUT2D eigenvalue weighted by molar-refractivity contribution is 7.91. The van der Waals surface area contributed by atoms with Crippen LogP contribution in [-0.4, -0.2) is 24.1 Å². The molecule has 2 aromatic heterocycles. The quantitative estimate of drug-likeness (QED) is 0.805. The van der Waals surface area contributed by atoms with Gasteiger partial charge in [0.1, 0.15) is 4.21 Å². The van der Waals surface area contributed by atoms with Crippen LogP contribution in [0.1, 0.15) is 28.2 Å². The zero-order valence-corrected chi connectivity index (χ0v) is 14.9. The van der Waals surface area contributed by atoms with Gasteiger partial charge >= 0.3 is 0 Å². The Kier molecular flexibility index (Phi) is 5.23. The number of hydrogen-bond acceptors (Lipinski definition) is 5. The first-order valence-electron chi connectivity index (χ1n) is 7.05. The van der Waals surface area contributed by atoms with Gasteiger partial charge in [-0.3, -0.25) is 9.48 Å². The van der Waals surface area contributed by atoms with E-state index < -0.39 is 10.0 Å². The summed E-state index contributed by atoms with van der Waals surface area (Å²) in [6.45, 7) is 4.21. The molecular formula is C14H20N4O3S2. The normalized spacial score (nSPS) is 11.7. The second kappa shape index (κ2) is 6.81. The summed E-state index contributed by atoms with van der Waals surface area (Å²) in [6, 6.07) is 3.10. The van der Waals surface area contributed by atoms with Gasteiger partial charge in [0.15, 0.2) is 0 Å². The summed E-state index contributed by atoms with van der Waals surface area (Å²) < 4.78 is 24.3. The average molecular weight is 356 g/mol. The largest absolute Gasteiger partial charge is 0.351 e. The molecule has 9 heteroatoms. The van der Waals surface area contributed by atoms with Crippen molar-refractivity contribution in [1.82, 2.24) is 15.1 Å². The lowest BCUT2D eigenvalue weighted by Gasteiger charge is -2.04. The van der Waals surface area contributed by atoms with Gasteiger partial charge in [0.05, 0.1) is 12.2 Å². The minimum atomic E-state index is -3.68. The first kappa shape index (κ1) is 17.6. The van der Waals surface area contributed by atoms with E-state index in [-0.39, 0.29) is 10.1 Å². The number of hydrogen-bond donors (Lipinski definition) is 2. The lowest BCUT2D eigenvalue weighted by Crippen LogP contribution is -2.22. The molecule has 7 nitrogen and oxygen atoms in total. The van der Waals surface area contributed by atoms with Gasteiger partial charge in [0, 0.05) is 24.0 Å². The van der Waals surface area contributed by atoms with E-state index >= 15 is 0 Å². The molecule has 0 aliphatic heterocycles. The van der Waals surface area contributed by atoms with Gasteiger partial charge in [0.2, 0.25) is 15.9 Å². The number of amides is 1. The maximum Gasteiger partial charge on any atom is 0.247 e. The molecule has 0 unspecified atom stereocenters. The Bertz CT molecular complexity index is 821. The summed E-state index contributed by atoms with van der Waals surface area (Å²) in [4.78, 5) is 12.7. The Morgan fingerprint density at radius 2 is 2.09 bits per heavy atom. The SMILES string of the molecule is Cc1nn(C)c(C)c1CCC(=O)NCc1ccc(S(N)(=O)=O)s1. The van der Waals surface area contributed by atoms with Crippen molar-refractivity contribution in [3.63, 3.8) is 0 Å². The van der Waals surface area contributed by atoms with Crippen LogP contribution in [0.25, 0.3) is 0 Å². The van der Waals surface area contributed by atoms with E-state index in [1.165, 1.54) is 6.07 Å². The van der Waals surface area contributed by atoms with Crippen LogP contribution < -0.4 is 10.5 Å². The summed E-state index contributed by atoms with van der Waals surface area (Å²) >= 11 is 1.06. The molecule has 0 radical (unpaired) electrons. The summed E-state index contributed by atoms with van der Waals surface area (Å²) in [5, 5.41) is 12.2. The standard InChI is InChI=1S/C14H20N4O3S2/c1-9-12(10(2)18(3)17-9)5-6-13(19)16-8-11-4-7-14(22-11)23(15,20)21/h4,7H,5-6,8H2,1-3H3,(H,16,19)(H2,15,20,21). The van der Waals surface area contributed by atoms with Gasteiger partial charge < -0.3 is 5.32 Å². The molecule has 0 spiro atoms. The first-order valence-corrected chi connectivity index (χ1v) is 9.42. The van der Waals surface area contributed by atoms with Gasteiger partial charge in [-0.15, -0.1) is 11.3 Å². The van der Waals surface area contributed by atoms with Crippen LogP contribution in [0.15, 0.2) is 16.3 Å². The molecule has 2 rings (SSSR count). The number of carbonyl (C=O) groups is 1. The molecule has 0 aliphatic carbocycles. The van der Waals surface area contributed by atoms with Crippen molar-refractivity contribution in [2.75, 3.05) is 0 Å². The highest BCUT2D eigenvalue weighted by Crippen LogP contribution is 2.20. The van der Waals surface area contributed by atoms with Crippen molar-refractivity contribution in [1.29, 1.82) is 0 Å². The number of primary sulfonamides is 1. The number of rotatable bonds is 6. The van der Waals surface area contributed by atoms with Gasteiger partial charge in [-0.25, -0.2) is 13.6 Å². The Hall–Kier alpha value is -1.71. The van der Waals surface area contributed by atoms with Gasteiger partial charge in [-0.2, -0.15) is 5.10 Å². The molecule has 2 heterocycles. The smallest absolute Gasteiger partial charge is 0.247 e. The molecule has 3 N–H and O–H groups in total. The topological polar surface area (TPSA) is 107 Å². The first-order chi connectivity index (χ1) is 10.7. The fourth-order valence-electron chi connectivity index (χ4n) is 2.30. The predicted octanol–water partition coefficient (Wildman–Crippen LogP) is 0.995. The Morgan fingerprint density at radius 1 is 1.39 bits per heavy atom. The fourth-order valence-corrected chi connectivity index (χ4v) is 4.02. The average Bonchev–Trinajstić information content (AvgIpc) is 3.01. The van der Waals surface area contributed by atoms with E-state index in [1.54, 1.807) is 6.07 Å². The molecule has 1 amide bonds. The maximum absolute atomic E-state index is 11.9. The third-order valence-electron chi connectivity index (χ3n) is 3.64. The van der Waals surface area contributed by atoms with Crippen molar-refractivity contribution in [2.45, 2.75) is 37.4 Å². The molecule has 0 atom stereocenters. The minimum Gasteiger partial charge on any atom is -0.351 e. The summed E-state index contributed by atoms with van der Waals surface area (Å²) in [6.07, 6.45) is 0.991. The van der Waals surface area contributed by atoms with Crippen molar-refractivity contribution in [2.24, 2.45) is 12.2 Å². The molecule has 0 saturated heterocycles. The second-order valence-electron chi connectivity index (χ2n) is 5.32. The van der Waals surface area contributed by atoms with E-state index in [2.05, 4.69) is 10.4 Å². The third kappa shape index (κ3) is 4.40. The monoisotopic (exact) mass is 356 g/mol. The van der Waals surface area contributed by atoms with Gasteiger partial charge in [-0.05, 0) is 38.0 Å². The lowest BCUT2D eigenvalue weighted by atomic mass is 10.1. The number of sulfonamides is 1. The number of nitrogens with one attached hydrogen (secondary N) is 1. The lowest BCUT2D eigenvalue weighted by molar-refractivity contribution is -0.121. The Labute approximate surface area is 139 Å². The number of nitrogens with zero attached hydrogens (tertiary/aromatic N) is 2. The van der Waals surface area contributed by atoms with Gasteiger partial charge in [-0.1, -0.05) is 0 Å². The third-order valence-corrected chi connectivity index (χ3v) is 6.16. The molecule has 0 aliphatic rings. The van der Waals surface area contributed by atoms with Crippen LogP contribution in [0.2, 0.25) is 0 Å². The summed E-state index contributed by atoms with van der Waals surface area (Å²) in [5.41, 5.74) is 3.09. The molecular weight excluding hydrogens is 336 g/mol. The number of carbonyl (C=O) groups excluding carboxylic acids is 1. The van der Waals surface area contributed by atoms with Crippen molar-refractivity contribution in [3.05, 3.63) is 34.0 Å². The highest BCUT2D eigenvalue weighted by Gasteiger charge is 2.13. The number of thiophene rings is 1. The molecule has 2 aromatic rings.